The van der Waals surface area contributed by atoms with Crippen LogP contribution in [-0.2, 0) is 4.79 Å². The molecule has 17 heavy (non-hydrogen) atoms. The molecular weight excluding hydrogens is 230 g/mol. The topological polar surface area (TPSA) is 20.3 Å². The average molecular weight is 255 g/mol. The zero-order chi connectivity index (χ0) is 12.3. The average Bonchev–Trinajstić information content (AvgIpc) is 3.11. The highest BCUT2D eigenvalue weighted by Crippen LogP contribution is 2.49. The van der Waals surface area contributed by atoms with E-state index < -0.39 is 0 Å². The lowest BCUT2D eigenvalue weighted by molar-refractivity contribution is -0.133. The van der Waals surface area contributed by atoms with E-state index in [9.17, 15) is 4.79 Å². The Balaban J connectivity index is 1.85. The fraction of sp³-hybridized carbons (Fsp3) is 0.929. The van der Waals surface area contributed by atoms with Gasteiger partial charge in [0.05, 0.1) is 0 Å². The fourth-order valence-electron chi connectivity index (χ4n) is 2.86. The van der Waals surface area contributed by atoms with E-state index in [2.05, 4.69) is 12.6 Å². The van der Waals surface area contributed by atoms with Gasteiger partial charge in [-0.15, -0.1) is 0 Å². The predicted octanol–water partition coefficient (Wildman–Crippen LogP) is 3.27. The van der Waals surface area contributed by atoms with Gasteiger partial charge in [-0.2, -0.15) is 12.6 Å². The molecule has 0 bridgehead atoms. The predicted molar refractivity (Wildman–Crippen MR) is 74.4 cm³/mol. The molecule has 2 aliphatic rings. The first-order chi connectivity index (χ1) is 8.17. The van der Waals surface area contributed by atoms with E-state index in [0.717, 1.165) is 12.2 Å². The number of carbonyl (C=O) groups excluding carboxylic acids is 1. The van der Waals surface area contributed by atoms with Crippen molar-refractivity contribution in [2.24, 2.45) is 5.41 Å². The van der Waals surface area contributed by atoms with Gasteiger partial charge in [0.1, 0.15) is 0 Å². The maximum absolute atomic E-state index is 12.3. The summed E-state index contributed by atoms with van der Waals surface area (Å²) in [5.74, 6) is 1.22. The van der Waals surface area contributed by atoms with Gasteiger partial charge in [0.15, 0.2) is 0 Å². The van der Waals surface area contributed by atoms with Gasteiger partial charge in [0.25, 0.3) is 0 Å². The van der Waals surface area contributed by atoms with E-state index in [4.69, 9.17) is 0 Å². The molecule has 98 valence electrons. The Morgan fingerprint density at radius 1 is 1.24 bits per heavy atom. The van der Waals surface area contributed by atoms with Gasteiger partial charge in [0.2, 0.25) is 5.91 Å². The second-order valence-corrected chi connectivity index (χ2v) is 6.30. The van der Waals surface area contributed by atoms with Crippen molar-refractivity contribution in [2.45, 2.75) is 63.8 Å². The largest absolute Gasteiger partial charge is 0.343 e. The van der Waals surface area contributed by atoms with Crippen molar-refractivity contribution in [2.75, 3.05) is 12.8 Å². The highest BCUT2D eigenvalue weighted by Gasteiger charge is 2.43. The highest BCUT2D eigenvalue weighted by molar-refractivity contribution is 7.80. The lowest BCUT2D eigenvalue weighted by atomic mass is 10.0. The first-order valence-electron chi connectivity index (χ1n) is 7.03. The molecule has 1 amide bonds. The molecule has 3 heteroatoms. The van der Waals surface area contributed by atoms with Crippen LogP contribution in [0.2, 0.25) is 0 Å². The van der Waals surface area contributed by atoms with Crippen LogP contribution in [0.3, 0.4) is 0 Å². The number of rotatable bonds is 4. The third kappa shape index (κ3) is 3.40. The second-order valence-electron chi connectivity index (χ2n) is 5.98. The molecule has 2 rings (SSSR count). The minimum Gasteiger partial charge on any atom is -0.343 e. The summed E-state index contributed by atoms with van der Waals surface area (Å²) < 4.78 is 0. The van der Waals surface area contributed by atoms with Crippen LogP contribution in [0.25, 0.3) is 0 Å². The number of thiol groups is 1. The summed E-state index contributed by atoms with van der Waals surface area (Å²) in [5.41, 5.74) is 0.263. The summed E-state index contributed by atoms with van der Waals surface area (Å²) in [6.07, 6.45) is 10.8. The molecule has 0 saturated heterocycles. The van der Waals surface area contributed by atoms with E-state index in [-0.39, 0.29) is 5.41 Å². The van der Waals surface area contributed by atoms with Gasteiger partial charge in [-0.1, -0.05) is 25.7 Å². The summed E-state index contributed by atoms with van der Waals surface area (Å²) in [6.45, 7) is 0. The van der Waals surface area contributed by atoms with Crippen LogP contribution in [0.5, 0.6) is 0 Å². The van der Waals surface area contributed by atoms with Crippen LogP contribution in [0.15, 0.2) is 0 Å². The number of nitrogens with zero attached hydrogens (tertiary/aromatic N) is 1. The van der Waals surface area contributed by atoms with Gasteiger partial charge in [0, 0.05) is 19.5 Å². The van der Waals surface area contributed by atoms with Crippen LogP contribution in [-0.4, -0.2) is 29.6 Å². The Labute approximate surface area is 111 Å². The number of hydrogen-bond donors (Lipinski definition) is 1. The van der Waals surface area contributed by atoms with E-state index in [0.29, 0.717) is 11.9 Å². The van der Waals surface area contributed by atoms with E-state index in [1.807, 2.05) is 11.9 Å². The maximum atomic E-state index is 12.3. The number of hydrogen-bond acceptors (Lipinski definition) is 2. The van der Waals surface area contributed by atoms with Crippen LogP contribution < -0.4 is 0 Å². The fourth-order valence-corrected chi connectivity index (χ4v) is 3.29. The Morgan fingerprint density at radius 3 is 2.29 bits per heavy atom. The van der Waals surface area contributed by atoms with Crippen molar-refractivity contribution in [3.8, 4) is 0 Å². The lowest BCUT2D eigenvalue weighted by Crippen LogP contribution is -2.38. The van der Waals surface area contributed by atoms with Crippen molar-refractivity contribution in [1.82, 2.24) is 4.90 Å². The maximum Gasteiger partial charge on any atom is 0.223 e. The van der Waals surface area contributed by atoms with Crippen LogP contribution in [0.4, 0.5) is 0 Å². The normalized spacial score (nSPS) is 24.1. The quantitative estimate of drug-likeness (QED) is 0.604. The summed E-state index contributed by atoms with van der Waals surface area (Å²) in [7, 11) is 2.01. The van der Waals surface area contributed by atoms with Gasteiger partial charge in [-0.05, 0) is 36.9 Å². The Hall–Kier alpha value is -0.180. The third-order valence-corrected chi connectivity index (χ3v) is 5.26. The molecule has 0 unspecified atom stereocenters. The monoisotopic (exact) mass is 255 g/mol. The van der Waals surface area contributed by atoms with Crippen LogP contribution in [0, 0.1) is 5.41 Å². The molecule has 0 heterocycles. The van der Waals surface area contributed by atoms with E-state index >= 15 is 0 Å². The van der Waals surface area contributed by atoms with Crippen molar-refractivity contribution in [1.29, 1.82) is 0 Å². The summed E-state index contributed by atoms with van der Waals surface area (Å²) >= 11 is 4.38. The Kier molecular flexibility index (Phi) is 4.40. The molecule has 2 nitrogen and oxygen atoms in total. The molecule has 0 aromatic carbocycles. The molecule has 0 atom stereocenters. The van der Waals surface area contributed by atoms with Gasteiger partial charge in [-0.3, -0.25) is 4.79 Å². The first kappa shape index (κ1) is 13.3. The molecule has 0 aromatic heterocycles. The standard InChI is InChI=1S/C14H25NOS/c1-15(12-6-4-2-3-5-7-12)13(16)10-14(11-17)8-9-14/h12,17H,2-11H2,1H3. The first-order valence-corrected chi connectivity index (χ1v) is 7.67. The van der Waals surface area contributed by atoms with Gasteiger partial charge >= 0.3 is 0 Å². The molecule has 0 spiro atoms. The molecule has 0 aromatic rings. The number of carbonyl (C=O) groups is 1. The zero-order valence-electron chi connectivity index (χ0n) is 11.0. The van der Waals surface area contributed by atoms with E-state index in [1.165, 1.54) is 51.4 Å². The smallest absolute Gasteiger partial charge is 0.223 e. The molecule has 2 aliphatic carbocycles. The summed E-state index contributed by atoms with van der Waals surface area (Å²) in [4.78, 5) is 14.3. The Morgan fingerprint density at radius 2 is 1.82 bits per heavy atom. The van der Waals surface area contributed by atoms with Gasteiger partial charge in [-0.25, -0.2) is 0 Å². The van der Waals surface area contributed by atoms with Gasteiger partial charge < -0.3 is 4.90 Å². The molecule has 2 fully saturated rings. The third-order valence-electron chi connectivity index (χ3n) is 4.58. The second kappa shape index (κ2) is 5.64. The van der Waals surface area contributed by atoms with Crippen LogP contribution in [0.1, 0.15) is 57.8 Å². The number of amides is 1. The molecule has 0 radical (unpaired) electrons. The van der Waals surface area contributed by atoms with Crippen LogP contribution >= 0.6 is 12.6 Å². The van der Waals surface area contributed by atoms with Crippen molar-refractivity contribution in [3.63, 3.8) is 0 Å². The van der Waals surface area contributed by atoms with Crippen molar-refractivity contribution in [3.05, 3.63) is 0 Å². The van der Waals surface area contributed by atoms with Crippen molar-refractivity contribution >= 4 is 18.5 Å². The summed E-state index contributed by atoms with van der Waals surface area (Å²) in [6, 6.07) is 0.501. The highest BCUT2D eigenvalue weighted by atomic mass is 32.1. The molecule has 0 N–H and O–H groups in total. The van der Waals surface area contributed by atoms with E-state index in [1.54, 1.807) is 0 Å². The minimum absolute atomic E-state index is 0.263. The lowest BCUT2D eigenvalue weighted by Gasteiger charge is -2.28. The Bertz CT molecular complexity index is 267. The SMILES string of the molecule is CN(C(=O)CC1(CS)CC1)C1CCCCCC1. The molecular formula is C14H25NOS. The minimum atomic E-state index is 0.263. The zero-order valence-corrected chi connectivity index (χ0v) is 11.8. The molecule has 2 saturated carbocycles. The summed E-state index contributed by atoms with van der Waals surface area (Å²) in [5, 5.41) is 0. The van der Waals surface area contributed by atoms with Crippen molar-refractivity contribution < 1.29 is 4.79 Å². The molecule has 0 aliphatic heterocycles.